The van der Waals surface area contributed by atoms with Crippen LogP contribution >= 0.6 is 0 Å². The van der Waals surface area contributed by atoms with Gasteiger partial charge in [0.25, 0.3) is 0 Å². The SMILES string of the molecule is CC1(C)c2cc(N(c3ccc(C4CC5CCC4C5)cc3)c3cccc(C4CCCCC4)c3)ccc2-c2cccc(-c3ccc(C4CCCCC4)cc3)c21. The molecule has 1 heteroatoms. The predicted molar refractivity (Wildman–Crippen MR) is 224 cm³/mol. The third kappa shape index (κ3) is 5.98. The molecule has 2 bridgehead atoms. The number of nitrogens with zero attached hydrogens (tertiary/aromatic N) is 1. The lowest BCUT2D eigenvalue weighted by Gasteiger charge is -2.30. The molecule has 0 heterocycles. The summed E-state index contributed by atoms with van der Waals surface area (Å²) < 4.78 is 0. The van der Waals surface area contributed by atoms with E-state index < -0.39 is 0 Å². The number of hydrogen-bond donors (Lipinski definition) is 0. The zero-order valence-electron chi connectivity index (χ0n) is 32.1. The van der Waals surface area contributed by atoms with Gasteiger partial charge in [-0.15, -0.1) is 0 Å². The molecule has 0 radical (unpaired) electrons. The molecule has 0 N–H and O–H groups in total. The maximum Gasteiger partial charge on any atom is 0.0465 e. The summed E-state index contributed by atoms with van der Waals surface area (Å²) in [7, 11) is 0. The van der Waals surface area contributed by atoms with Crippen molar-refractivity contribution in [3.05, 3.63) is 137 Å². The highest BCUT2D eigenvalue weighted by molar-refractivity contribution is 5.90. The maximum absolute atomic E-state index is 2.56. The Kier molecular flexibility index (Phi) is 8.61. The van der Waals surface area contributed by atoms with Crippen molar-refractivity contribution < 1.29 is 0 Å². The zero-order chi connectivity index (χ0) is 35.5. The van der Waals surface area contributed by atoms with Gasteiger partial charge in [0.2, 0.25) is 0 Å². The topological polar surface area (TPSA) is 3.24 Å². The van der Waals surface area contributed by atoms with Gasteiger partial charge in [0.15, 0.2) is 0 Å². The van der Waals surface area contributed by atoms with Crippen molar-refractivity contribution in [2.24, 2.45) is 11.8 Å². The van der Waals surface area contributed by atoms with Crippen LogP contribution in [0, 0.1) is 11.8 Å². The third-order valence-electron chi connectivity index (χ3n) is 14.7. The van der Waals surface area contributed by atoms with E-state index in [4.69, 9.17) is 0 Å². The summed E-state index contributed by atoms with van der Waals surface area (Å²) in [6, 6.07) is 43.4. The van der Waals surface area contributed by atoms with E-state index in [-0.39, 0.29) is 5.41 Å². The van der Waals surface area contributed by atoms with Gasteiger partial charge in [-0.3, -0.25) is 0 Å². The van der Waals surface area contributed by atoms with Gasteiger partial charge in [-0.1, -0.05) is 132 Å². The van der Waals surface area contributed by atoms with Crippen LogP contribution in [-0.4, -0.2) is 0 Å². The molecule has 0 amide bonds. The second-order valence-corrected chi connectivity index (χ2v) is 18.2. The molecule has 1 nitrogen and oxygen atoms in total. The zero-order valence-corrected chi connectivity index (χ0v) is 32.1. The predicted octanol–water partition coefficient (Wildman–Crippen LogP) is 15.1. The highest BCUT2D eigenvalue weighted by Gasteiger charge is 2.41. The molecule has 0 aromatic heterocycles. The Morgan fingerprint density at radius 2 is 1.13 bits per heavy atom. The van der Waals surface area contributed by atoms with Crippen molar-refractivity contribution in [1.29, 1.82) is 0 Å². The summed E-state index contributed by atoms with van der Waals surface area (Å²) in [5.41, 5.74) is 16.7. The molecule has 5 aliphatic carbocycles. The number of hydrogen-bond acceptors (Lipinski definition) is 1. The molecule has 4 fully saturated rings. The van der Waals surface area contributed by atoms with Gasteiger partial charge in [-0.25, -0.2) is 0 Å². The van der Waals surface area contributed by atoms with Gasteiger partial charge in [-0.2, -0.15) is 0 Å². The first-order valence-corrected chi connectivity index (χ1v) is 21.4. The Balaban J connectivity index is 1.03. The minimum Gasteiger partial charge on any atom is -0.310 e. The number of rotatable bonds is 7. The molecule has 5 aliphatic rings. The summed E-state index contributed by atoms with van der Waals surface area (Å²) in [5.74, 6) is 4.02. The third-order valence-corrected chi connectivity index (χ3v) is 14.7. The highest BCUT2D eigenvalue weighted by atomic mass is 15.1. The average molecular weight is 696 g/mol. The van der Waals surface area contributed by atoms with E-state index in [1.165, 1.54) is 151 Å². The second kappa shape index (κ2) is 13.6. The monoisotopic (exact) mass is 695 g/mol. The maximum atomic E-state index is 2.56. The van der Waals surface area contributed by atoms with Gasteiger partial charge < -0.3 is 4.90 Å². The van der Waals surface area contributed by atoms with Crippen molar-refractivity contribution in [3.63, 3.8) is 0 Å². The molecule has 270 valence electrons. The molecule has 10 rings (SSSR count). The fourth-order valence-electron chi connectivity index (χ4n) is 11.9. The molecule has 4 saturated carbocycles. The first-order chi connectivity index (χ1) is 26.0. The normalized spacial score (nSPS) is 23.5. The van der Waals surface area contributed by atoms with Gasteiger partial charge in [0.05, 0.1) is 0 Å². The van der Waals surface area contributed by atoms with Crippen molar-refractivity contribution in [1.82, 2.24) is 0 Å². The number of benzene rings is 5. The summed E-state index contributed by atoms with van der Waals surface area (Å²) in [6.45, 7) is 4.92. The van der Waals surface area contributed by atoms with Crippen LogP contribution in [0.3, 0.4) is 0 Å². The molecule has 0 saturated heterocycles. The largest absolute Gasteiger partial charge is 0.310 e. The number of fused-ring (bicyclic) bond motifs is 5. The van der Waals surface area contributed by atoms with Crippen molar-refractivity contribution >= 4 is 17.1 Å². The molecular weight excluding hydrogens is 639 g/mol. The summed E-state index contributed by atoms with van der Waals surface area (Å²) in [4.78, 5) is 2.56. The fraction of sp³-hybridized carbons (Fsp3) is 0.423. The minimum atomic E-state index is -0.124. The molecule has 53 heavy (non-hydrogen) atoms. The average Bonchev–Trinajstić information content (AvgIpc) is 3.92. The molecular formula is C52H57N. The lowest BCUT2D eigenvalue weighted by molar-refractivity contribution is 0.420. The van der Waals surface area contributed by atoms with Gasteiger partial charge in [-0.05, 0) is 161 Å². The Labute approximate surface area is 318 Å². The standard InChI is InChI=1S/C52H57N/c1-52(2)50-34-45(29-30-47(50)48-18-10-17-46(51(48)52)39-23-21-38(22-24-39)36-11-5-3-6-12-36)53(44-16-9-15-41(33-44)37-13-7-4-8-14-37)43-27-25-40(26-28-43)49-32-35-19-20-42(49)31-35/h9-10,15-18,21-30,33-37,42,49H,3-8,11-14,19-20,31-32H2,1-2H3. The van der Waals surface area contributed by atoms with E-state index >= 15 is 0 Å². The van der Waals surface area contributed by atoms with E-state index in [1.807, 2.05) is 0 Å². The van der Waals surface area contributed by atoms with Crippen LogP contribution in [0.1, 0.15) is 149 Å². The first-order valence-electron chi connectivity index (χ1n) is 21.4. The Hall–Kier alpha value is -4.10. The van der Waals surface area contributed by atoms with Gasteiger partial charge in [0.1, 0.15) is 0 Å². The molecule has 3 unspecified atom stereocenters. The van der Waals surface area contributed by atoms with Gasteiger partial charge in [0, 0.05) is 22.5 Å². The molecule has 3 atom stereocenters. The van der Waals surface area contributed by atoms with E-state index in [0.29, 0.717) is 5.92 Å². The molecule has 5 aromatic rings. The van der Waals surface area contributed by atoms with Crippen LogP contribution in [0.25, 0.3) is 22.3 Å². The van der Waals surface area contributed by atoms with Gasteiger partial charge >= 0.3 is 0 Å². The molecule has 5 aromatic carbocycles. The first kappa shape index (κ1) is 33.5. The smallest absolute Gasteiger partial charge is 0.0465 e. The Bertz CT molecular complexity index is 2090. The lowest BCUT2D eigenvalue weighted by atomic mass is 9.78. The quantitative estimate of drug-likeness (QED) is 0.164. The summed E-state index contributed by atoms with van der Waals surface area (Å²) in [6.07, 6.45) is 19.3. The van der Waals surface area contributed by atoms with Crippen molar-refractivity contribution in [3.8, 4) is 22.3 Å². The van der Waals surface area contributed by atoms with Crippen LogP contribution in [0.2, 0.25) is 0 Å². The van der Waals surface area contributed by atoms with Crippen LogP contribution in [0.4, 0.5) is 17.1 Å². The Morgan fingerprint density at radius 1 is 0.491 bits per heavy atom. The summed E-state index contributed by atoms with van der Waals surface area (Å²) in [5, 5.41) is 0. The van der Waals surface area contributed by atoms with Crippen molar-refractivity contribution in [2.75, 3.05) is 4.90 Å². The Morgan fingerprint density at radius 3 is 1.83 bits per heavy atom. The van der Waals surface area contributed by atoms with E-state index in [0.717, 1.165) is 23.7 Å². The summed E-state index contributed by atoms with van der Waals surface area (Å²) >= 11 is 0. The minimum absolute atomic E-state index is 0.124. The molecule has 0 aliphatic heterocycles. The highest BCUT2D eigenvalue weighted by Crippen LogP contribution is 2.55. The van der Waals surface area contributed by atoms with E-state index in [1.54, 1.807) is 5.56 Å². The van der Waals surface area contributed by atoms with E-state index in [2.05, 4.69) is 128 Å². The van der Waals surface area contributed by atoms with E-state index in [9.17, 15) is 0 Å². The lowest BCUT2D eigenvalue weighted by Crippen LogP contribution is -2.18. The van der Waals surface area contributed by atoms with Crippen LogP contribution in [0.5, 0.6) is 0 Å². The van der Waals surface area contributed by atoms with Crippen LogP contribution in [-0.2, 0) is 5.41 Å². The fourth-order valence-corrected chi connectivity index (χ4v) is 11.9. The second-order valence-electron chi connectivity index (χ2n) is 18.2. The van der Waals surface area contributed by atoms with Crippen LogP contribution in [0.15, 0.2) is 109 Å². The molecule has 0 spiro atoms. The van der Waals surface area contributed by atoms with Crippen molar-refractivity contribution in [2.45, 2.75) is 127 Å². The number of anilines is 3. The van der Waals surface area contributed by atoms with Crippen LogP contribution < -0.4 is 4.90 Å².